The monoisotopic (exact) mass is 233 g/mol. The highest BCUT2D eigenvalue weighted by atomic mass is 16.5. The van der Waals surface area contributed by atoms with Crippen molar-refractivity contribution in [2.45, 2.75) is 44.6 Å². The SMILES string of the molecule is CCC1CCC(N)(c2cccc(OC)c2)CC1. The van der Waals surface area contributed by atoms with Crippen molar-refractivity contribution in [2.75, 3.05) is 7.11 Å². The molecular weight excluding hydrogens is 210 g/mol. The van der Waals surface area contributed by atoms with Crippen LogP contribution in [0.3, 0.4) is 0 Å². The zero-order chi connectivity index (χ0) is 12.3. The van der Waals surface area contributed by atoms with Crippen molar-refractivity contribution in [1.82, 2.24) is 0 Å². The average Bonchev–Trinajstić information content (AvgIpc) is 2.40. The van der Waals surface area contributed by atoms with E-state index in [1.807, 2.05) is 12.1 Å². The molecule has 0 bridgehead atoms. The summed E-state index contributed by atoms with van der Waals surface area (Å²) in [7, 11) is 1.70. The molecule has 0 heterocycles. The van der Waals surface area contributed by atoms with Crippen molar-refractivity contribution in [1.29, 1.82) is 0 Å². The van der Waals surface area contributed by atoms with E-state index in [1.54, 1.807) is 7.11 Å². The van der Waals surface area contributed by atoms with Crippen LogP contribution in [0.1, 0.15) is 44.6 Å². The Morgan fingerprint density at radius 3 is 2.65 bits per heavy atom. The second-order valence-corrected chi connectivity index (χ2v) is 5.24. The highest BCUT2D eigenvalue weighted by molar-refractivity contribution is 5.33. The fraction of sp³-hybridized carbons (Fsp3) is 0.600. The molecule has 1 aromatic carbocycles. The molecule has 0 radical (unpaired) electrons. The van der Waals surface area contributed by atoms with Gasteiger partial charge in [-0.15, -0.1) is 0 Å². The van der Waals surface area contributed by atoms with E-state index in [2.05, 4.69) is 19.1 Å². The first-order chi connectivity index (χ1) is 8.18. The first kappa shape index (κ1) is 12.4. The van der Waals surface area contributed by atoms with Crippen LogP contribution in [0, 0.1) is 5.92 Å². The maximum atomic E-state index is 6.57. The third-order valence-corrected chi connectivity index (χ3v) is 4.22. The van der Waals surface area contributed by atoms with Gasteiger partial charge in [-0.3, -0.25) is 0 Å². The Morgan fingerprint density at radius 2 is 2.06 bits per heavy atom. The van der Waals surface area contributed by atoms with E-state index < -0.39 is 0 Å². The molecule has 0 atom stereocenters. The molecule has 0 unspecified atom stereocenters. The number of ether oxygens (including phenoxy) is 1. The summed E-state index contributed by atoms with van der Waals surface area (Å²) < 4.78 is 5.28. The van der Waals surface area contributed by atoms with Crippen molar-refractivity contribution < 1.29 is 4.74 Å². The van der Waals surface area contributed by atoms with Crippen LogP contribution in [-0.2, 0) is 5.54 Å². The topological polar surface area (TPSA) is 35.2 Å². The standard InChI is InChI=1S/C15H23NO/c1-3-12-7-9-15(16,10-8-12)13-5-4-6-14(11-13)17-2/h4-6,11-12H,3,7-10,16H2,1-2H3. The zero-order valence-electron chi connectivity index (χ0n) is 10.9. The normalized spacial score (nSPS) is 29.0. The molecular formula is C15H23NO. The van der Waals surface area contributed by atoms with Gasteiger partial charge in [-0.05, 0) is 49.3 Å². The van der Waals surface area contributed by atoms with Crippen LogP contribution in [0.4, 0.5) is 0 Å². The smallest absolute Gasteiger partial charge is 0.119 e. The number of benzene rings is 1. The van der Waals surface area contributed by atoms with E-state index in [0.29, 0.717) is 0 Å². The molecule has 94 valence electrons. The summed E-state index contributed by atoms with van der Waals surface area (Å²) in [5, 5.41) is 0. The summed E-state index contributed by atoms with van der Waals surface area (Å²) in [6.07, 6.45) is 5.99. The molecule has 1 saturated carbocycles. The van der Waals surface area contributed by atoms with Crippen LogP contribution in [0.15, 0.2) is 24.3 Å². The number of hydrogen-bond acceptors (Lipinski definition) is 2. The van der Waals surface area contributed by atoms with E-state index in [9.17, 15) is 0 Å². The second kappa shape index (κ2) is 5.09. The quantitative estimate of drug-likeness (QED) is 0.868. The van der Waals surface area contributed by atoms with Crippen molar-refractivity contribution in [3.8, 4) is 5.75 Å². The summed E-state index contributed by atoms with van der Waals surface area (Å²) in [5.74, 6) is 1.78. The lowest BCUT2D eigenvalue weighted by molar-refractivity contribution is 0.231. The van der Waals surface area contributed by atoms with E-state index in [1.165, 1.54) is 24.8 Å². The van der Waals surface area contributed by atoms with E-state index in [4.69, 9.17) is 10.5 Å². The molecule has 0 saturated heterocycles. The summed E-state index contributed by atoms with van der Waals surface area (Å²) >= 11 is 0. The number of nitrogens with two attached hydrogens (primary N) is 1. The lowest BCUT2D eigenvalue weighted by Gasteiger charge is -2.37. The molecule has 1 fully saturated rings. The van der Waals surface area contributed by atoms with Crippen molar-refractivity contribution in [3.63, 3.8) is 0 Å². The average molecular weight is 233 g/mol. The van der Waals surface area contributed by atoms with Gasteiger partial charge >= 0.3 is 0 Å². The molecule has 0 spiro atoms. The Kier molecular flexibility index (Phi) is 3.72. The van der Waals surface area contributed by atoms with Crippen molar-refractivity contribution in [3.05, 3.63) is 29.8 Å². The highest BCUT2D eigenvalue weighted by Gasteiger charge is 2.32. The summed E-state index contributed by atoms with van der Waals surface area (Å²) in [4.78, 5) is 0. The molecule has 1 aromatic rings. The van der Waals surface area contributed by atoms with Crippen LogP contribution in [-0.4, -0.2) is 7.11 Å². The van der Waals surface area contributed by atoms with Crippen LogP contribution in [0.2, 0.25) is 0 Å². The zero-order valence-corrected chi connectivity index (χ0v) is 10.9. The third kappa shape index (κ3) is 2.63. The van der Waals surface area contributed by atoms with Gasteiger partial charge < -0.3 is 10.5 Å². The molecule has 1 aliphatic carbocycles. The molecule has 0 aromatic heterocycles. The van der Waals surface area contributed by atoms with Crippen LogP contribution in [0.25, 0.3) is 0 Å². The van der Waals surface area contributed by atoms with Crippen LogP contribution < -0.4 is 10.5 Å². The second-order valence-electron chi connectivity index (χ2n) is 5.24. The molecule has 2 rings (SSSR count). The van der Waals surface area contributed by atoms with E-state index >= 15 is 0 Å². The minimum atomic E-state index is -0.139. The van der Waals surface area contributed by atoms with Gasteiger partial charge in [0.25, 0.3) is 0 Å². The Bertz CT molecular complexity index is 367. The Balaban J connectivity index is 2.15. The maximum Gasteiger partial charge on any atom is 0.119 e. The summed E-state index contributed by atoms with van der Waals surface area (Å²) in [6.45, 7) is 2.28. The lowest BCUT2D eigenvalue weighted by atomic mass is 9.73. The Morgan fingerprint density at radius 1 is 1.35 bits per heavy atom. The predicted octanol–water partition coefficient (Wildman–Crippen LogP) is 3.45. The fourth-order valence-corrected chi connectivity index (χ4v) is 2.82. The van der Waals surface area contributed by atoms with E-state index in [-0.39, 0.29) is 5.54 Å². The van der Waals surface area contributed by atoms with Crippen LogP contribution >= 0.6 is 0 Å². The van der Waals surface area contributed by atoms with Gasteiger partial charge in [-0.1, -0.05) is 25.5 Å². The molecule has 2 heteroatoms. The molecule has 0 aliphatic heterocycles. The van der Waals surface area contributed by atoms with Crippen molar-refractivity contribution in [2.24, 2.45) is 11.7 Å². The Labute approximate surface area is 104 Å². The van der Waals surface area contributed by atoms with E-state index in [0.717, 1.165) is 24.5 Å². The molecule has 2 nitrogen and oxygen atoms in total. The van der Waals surface area contributed by atoms with Gasteiger partial charge in [0.1, 0.15) is 5.75 Å². The molecule has 1 aliphatic rings. The number of rotatable bonds is 3. The Hall–Kier alpha value is -1.02. The first-order valence-electron chi connectivity index (χ1n) is 6.61. The molecule has 0 amide bonds. The van der Waals surface area contributed by atoms with Gasteiger partial charge in [0.15, 0.2) is 0 Å². The largest absolute Gasteiger partial charge is 0.497 e. The lowest BCUT2D eigenvalue weighted by Crippen LogP contribution is -2.40. The van der Waals surface area contributed by atoms with Gasteiger partial charge in [-0.25, -0.2) is 0 Å². The highest BCUT2D eigenvalue weighted by Crippen LogP contribution is 2.39. The molecule has 2 N–H and O–H groups in total. The minimum absolute atomic E-state index is 0.139. The van der Waals surface area contributed by atoms with Gasteiger partial charge in [0.2, 0.25) is 0 Å². The van der Waals surface area contributed by atoms with Crippen molar-refractivity contribution >= 4 is 0 Å². The van der Waals surface area contributed by atoms with Gasteiger partial charge in [0, 0.05) is 5.54 Å². The summed E-state index contributed by atoms with van der Waals surface area (Å²) in [5.41, 5.74) is 7.65. The van der Waals surface area contributed by atoms with Crippen LogP contribution in [0.5, 0.6) is 5.75 Å². The first-order valence-corrected chi connectivity index (χ1v) is 6.61. The molecule has 17 heavy (non-hydrogen) atoms. The third-order valence-electron chi connectivity index (χ3n) is 4.22. The number of hydrogen-bond donors (Lipinski definition) is 1. The fourth-order valence-electron chi connectivity index (χ4n) is 2.82. The minimum Gasteiger partial charge on any atom is -0.497 e. The van der Waals surface area contributed by atoms with Gasteiger partial charge in [0.05, 0.1) is 7.11 Å². The summed E-state index contributed by atoms with van der Waals surface area (Å²) in [6, 6.07) is 8.24. The van der Waals surface area contributed by atoms with Gasteiger partial charge in [-0.2, -0.15) is 0 Å². The predicted molar refractivity (Wildman–Crippen MR) is 71.1 cm³/mol. The maximum absolute atomic E-state index is 6.57. The number of methoxy groups -OCH3 is 1.